The number of nitrogens with zero attached hydrogens (tertiary/aromatic N) is 1. The van der Waals surface area contributed by atoms with E-state index in [1.165, 1.54) is 24.6 Å². The second-order valence-corrected chi connectivity index (χ2v) is 9.49. The van der Waals surface area contributed by atoms with Crippen LogP contribution in [0, 0.1) is 11.7 Å². The predicted octanol–water partition coefficient (Wildman–Crippen LogP) is 4.78. The van der Waals surface area contributed by atoms with Crippen LogP contribution in [0.25, 0.3) is 0 Å². The van der Waals surface area contributed by atoms with Crippen molar-refractivity contribution in [3.05, 3.63) is 53.3 Å². The third-order valence-corrected chi connectivity index (χ3v) is 5.36. The number of benzene rings is 2. The Morgan fingerprint density at radius 3 is 2.62 bits per heavy atom. The van der Waals surface area contributed by atoms with Gasteiger partial charge in [0.15, 0.2) is 0 Å². The molecule has 0 bridgehead atoms. The zero-order chi connectivity index (χ0) is 23.5. The van der Waals surface area contributed by atoms with Gasteiger partial charge in [0.25, 0.3) is 5.91 Å². The number of anilines is 3. The highest BCUT2D eigenvalue weighted by molar-refractivity contribution is 6.06. The molecule has 0 spiro atoms. The van der Waals surface area contributed by atoms with Crippen LogP contribution in [0.15, 0.2) is 36.4 Å². The van der Waals surface area contributed by atoms with Crippen LogP contribution in [0.2, 0.25) is 0 Å². The molecule has 0 saturated carbocycles. The van der Waals surface area contributed by atoms with Crippen LogP contribution in [0.3, 0.4) is 0 Å². The number of hydrogen-bond donors (Lipinski definition) is 2. The molecule has 2 aromatic rings. The van der Waals surface area contributed by atoms with Crippen molar-refractivity contribution >= 4 is 28.9 Å². The summed E-state index contributed by atoms with van der Waals surface area (Å²) in [6.07, 6.45) is 2.17. The second kappa shape index (κ2) is 9.59. The number of nitrogen functional groups attached to an aromatic ring is 1. The predicted molar refractivity (Wildman–Crippen MR) is 125 cm³/mol. The van der Waals surface area contributed by atoms with Crippen molar-refractivity contribution in [2.75, 3.05) is 29.0 Å². The Morgan fingerprint density at radius 1 is 1.22 bits per heavy atom. The third kappa shape index (κ3) is 6.22. The summed E-state index contributed by atoms with van der Waals surface area (Å²) in [7, 11) is 0. The van der Waals surface area contributed by atoms with Gasteiger partial charge in [0, 0.05) is 24.3 Å². The van der Waals surface area contributed by atoms with Gasteiger partial charge in [-0.3, -0.25) is 9.59 Å². The minimum Gasteiger partial charge on any atom is -0.460 e. The van der Waals surface area contributed by atoms with E-state index in [-0.39, 0.29) is 12.3 Å². The summed E-state index contributed by atoms with van der Waals surface area (Å²) in [5.74, 6) is -0.769. The van der Waals surface area contributed by atoms with E-state index in [4.69, 9.17) is 10.5 Å². The Bertz CT molecular complexity index is 1000. The zero-order valence-electron chi connectivity index (χ0n) is 19.2. The number of rotatable bonds is 5. The molecule has 32 heavy (non-hydrogen) atoms. The van der Waals surface area contributed by atoms with Crippen LogP contribution < -0.4 is 16.0 Å². The zero-order valence-corrected chi connectivity index (χ0v) is 19.2. The molecule has 1 atom stereocenters. The van der Waals surface area contributed by atoms with Gasteiger partial charge in [0.2, 0.25) is 0 Å². The van der Waals surface area contributed by atoms with E-state index in [0.29, 0.717) is 28.4 Å². The molecule has 1 heterocycles. The number of carbonyl (C=O) groups excluding carboxylic acids is 2. The van der Waals surface area contributed by atoms with Crippen molar-refractivity contribution in [3.63, 3.8) is 0 Å². The first-order chi connectivity index (χ1) is 15.0. The Morgan fingerprint density at radius 2 is 1.97 bits per heavy atom. The molecule has 1 amide bonds. The largest absolute Gasteiger partial charge is 0.460 e. The van der Waals surface area contributed by atoms with Crippen LogP contribution in [0.4, 0.5) is 21.5 Å². The SMILES string of the molecule is CC1CCCN(c2ccc(C(=O)Nc3ccc(F)cc3CC(=O)OC(C)(C)C)cc2N)C1. The molecule has 1 saturated heterocycles. The van der Waals surface area contributed by atoms with E-state index in [1.807, 2.05) is 6.07 Å². The fourth-order valence-corrected chi connectivity index (χ4v) is 3.95. The van der Waals surface area contributed by atoms with E-state index >= 15 is 0 Å². The molecule has 2 aromatic carbocycles. The molecule has 6 nitrogen and oxygen atoms in total. The molecule has 0 radical (unpaired) electrons. The van der Waals surface area contributed by atoms with Crippen LogP contribution in [-0.4, -0.2) is 30.6 Å². The summed E-state index contributed by atoms with van der Waals surface area (Å²) in [6.45, 7) is 9.40. The number of carbonyl (C=O) groups is 2. The topological polar surface area (TPSA) is 84.7 Å². The fourth-order valence-electron chi connectivity index (χ4n) is 3.95. The van der Waals surface area contributed by atoms with Crippen molar-refractivity contribution in [3.8, 4) is 0 Å². The van der Waals surface area contributed by atoms with Gasteiger partial charge in [0.1, 0.15) is 11.4 Å². The lowest BCUT2D eigenvalue weighted by atomic mass is 9.99. The molecular weight excluding hydrogens is 409 g/mol. The van der Waals surface area contributed by atoms with E-state index in [9.17, 15) is 14.0 Å². The molecule has 1 unspecified atom stereocenters. The minimum atomic E-state index is -0.654. The quantitative estimate of drug-likeness (QED) is 0.515. The highest BCUT2D eigenvalue weighted by Gasteiger charge is 2.21. The Hall–Kier alpha value is -3.09. The van der Waals surface area contributed by atoms with Crippen LogP contribution in [-0.2, 0) is 16.0 Å². The Labute approximate surface area is 188 Å². The lowest BCUT2D eigenvalue weighted by molar-refractivity contribution is -0.153. The van der Waals surface area contributed by atoms with Gasteiger partial charge in [-0.25, -0.2) is 4.39 Å². The maximum Gasteiger partial charge on any atom is 0.310 e. The Balaban J connectivity index is 1.75. The highest BCUT2D eigenvalue weighted by Crippen LogP contribution is 2.29. The van der Waals surface area contributed by atoms with Crippen molar-refractivity contribution in [2.45, 2.75) is 52.6 Å². The molecule has 0 aliphatic carbocycles. The number of nitrogens with one attached hydrogen (secondary N) is 1. The van der Waals surface area contributed by atoms with Gasteiger partial charge in [-0.1, -0.05) is 6.92 Å². The fraction of sp³-hybridized carbons (Fsp3) is 0.440. The van der Waals surface area contributed by atoms with Crippen LogP contribution in [0.5, 0.6) is 0 Å². The molecular formula is C25H32FN3O3. The number of hydrogen-bond acceptors (Lipinski definition) is 5. The summed E-state index contributed by atoms with van der Waals surface area (Å²) in [4.78, 5) is 27.3. The summed E-state index contributed by atoms with van der Waals surface area (Å²) in [6, 6.07) is 9.17. The first kappa shape index (κ1) is 23.6. The van der Waals surface area contributed by atoms with Gasteiger partial charge < -0.3 is 20.7 Å². The van der Waals surface area contributed by atoms with Crippen molar-refractivity contribution < 1.29 is 18.7 Å². The molecule has 0 aromatic heterocycles. The highest BCUT2D eigenvalue weighted by atomic mass is 19.1. The first-order valence-electron chi connectivity index (χ1n) is 11.0. The Kier molecular flexibility index (Phi) is 7.06. The summed E-state index contributed by atoms with van der Waals surface area (Å²) >= 11 is 0. The lowest BCUT2D eigenvalue weighted by Crippen LogP contribution is -2.34. The minimum absolute atomic E-state index is 0.154. The van der Waals surface area contributed by atoms with Crippen molar-refractivity contribution in [1.82, 2.24) is 0 Å². The molecule has 1 aliphatic rings. The normalized spacial score (nSPS) is 16.5. The molecule has 3 rings (SSSR count). The maximum atomic E-state index is 13.8. The number of ether oxygens (including phenoxy) is 1. The van der Waals surface area contributed by atoms with E-state index < -0.39 is 17.4 Å². The van der Waals surface area contributed by atoms with E-state index in [0.717, 1.165) is 25.2 Å². The lowest BCUT2D eigenvalue weighted by Gasteiger charge is -2.33. The third-order valence-electron chi connectivity index (χ3n) is 5.36. The summed E-state index contributed by atoms with van der Waals surface area (Å²) < 4.78 is 19.1. The monoisotopic (exact) mass is 441 g/mol. The number of nitrogens with two attached hydrogens (primary N) is 1. The average Bonchev–Trinajstić information content (AvgIpc) is 2.68. The first-order valence-corrected chi connectivity index (χ1v) is 11.0. The van der Waals surface area contributed by atoms with Gasteiger partial charge in [-0.15, -0.1) is 0 Å². The summed E-state index contributed by atoms with van der Waals surface area (Å²) in [5, 5.41) is 2.77. The number of amides is 1. The van der Waals surface area contributed by atoms with E-state index in [2.05, 4.69) is 17.1 Å². The van der Waals surface area contributed by atoms with Crippen LogP contribution in [0.1, 0.15) is 56.5 Å². The molecule has 3 N–H and O–H groups in total. The van der Waals surface area contributed by atoms with Crippen molar-refractivity contribution in [2.24, 2.45) is 5.92 Å². The number of piperidine rings is 1. The van der Waals surface area contributed by atoms with Gasteiger partial charge in [-0.2, -0.15) is 0 Å². The maximum absolute atomic E-state index is 13.8. The van der Waals surface area contributed by atoms with E-state index in [1.54, 1.807) is 32.9 Å². The number of esters is 1. The molecule has 1 aliphatic heterocycles. The standard InChI is InChI=1S/C25H32FN3O3/c1-16-6-5-11-29(15-16)22-10-7-17(13-20(22)27)24(31)28-21-9-8-19(26)12-18(21)14-23(30)32-25(2,3)4/h7-10,12-13,16H,5-6,11,14-15,27H2,1-4H3,(H,28,31). The van der Waals surface area contributed by atoms with Crippen molar-refractivity contribution in [1.29, 1.82) is 0 Å². The summed E-state index contributed by atoms with van der Waals surface area (Å²) in [5.41, 5.74) is 8.19. The molecule has 1 fully saturated rings. The molecule has 7 heteroatoms. The van der Waals surface area contributed by atoms with Gasteiger partial charge in [0.05, 0.1) is 17.8 Å². The average molecular weight is 442 g/mol. The van der Waals surface area contributed by atoms with Crippen LogP contribution >= 0.6 is 0 Å². The second-order valence-electron chi connectivity index (χ2n) is 9.49. The smallest absolute Gasteiger partial charge is 0.310 e. The molecule has 172 valence electrons. The van der Waals surface area contributed by atoms with Gasteiger partial charge >= 0.3 is 5.97 Å². The van der Waals surface area contributed by atoms with Gasteiger partial charge in [-0.05, 0) is 81.5 Å². The number of halogens is 1.